The molecule has 4 rings (SSSR count). The van der Waals surface area contributed by atoms with Crippen molar-refractivity contribution >= 4 is 55.8 Å². The first kappa shape index (κ1) is 24.5. The Hall–Kier alpha value is -2.11. The predicted octanol–water partition coefficient (Wildman–Crippen LogP) is 6.32. The van der Waals surface area contributed by atoms with Gasteiger partial charge < -0.3 is 5.11 Å². The Morgan fingerprint density at radius 3 is 1.91 bits per heavy atom. The minimum atomic E-state index is -1.18. The van der Waals surface area contributed by atoms with Crippen molar-refractivity contribution in [3.8, 4) is 5.75 Å². The molecule has 0 amide bonds. The fourth-order valence-electron chi connectivity index (χ4n) is 3.40. The summed E-state index contributed by atoms with van der Waals surface area (Å²) >= 11 is -0.181. The summed E-state index contributed by atoms with van der Waals surface area (Å²) in [4.78, 5) is 4.61. The molecule has 6 heteroatoms. The molecule has 0 atom stereocenters. The molecular weight excluding hydrogens is 496 g/mol. The van der Waals surface area contributed by atoms with E-state index in [4.69, 9.17) is 20.1 Å². The molecule has 0 aliphatic carbocycles. The Kier molecular flexibility index (Phi) is 9.82. The van der Waals surface area contributed by atoms with Crippen molar-refractivity contribution in [2.45, 2.75) is 6.92 Å². The normalized spacial score (nSPS) is 10.8. The van der Waals surface area contributed by atoms with Gasteiger partial charge in [0.25, 0.3) is 0 Å². The molecule has 0 unspecified atom stereocenters. The van der Waals surface area contributed by atoms with E-state index in [1.54, 1.807) is 6.07 Å². The zero-order valence-corrected chi connectivity index (χ0v) is 21.2. The van der Waals surface area contributed by atoms with Crippen LogP contribution in [-0.4, -0.2) is 11.3 Å². The van der Waals surface area contributed by atoms with E-state index in [1.165, 1.54) is 15.9 Å². The first-order valence-electron chi connectivity index (χ1n) is 9.94. The third-order valence-electron chi connectivity index (χ3n) is 4.83. The molecule has 0 radical (unpaired) electrons. The van der Waals surface area contributed by atoms with Gasteiger partial charge in [0, 0.05) is 11.8 Å². The second kappa shape index (κ2) is 12.8. The van der Waals surface area contributed by atoms with Crippen LogP contribution >= 0.6 is 28.0 Å². The van der Waals surface area contributed by atoms with Gasteiger partial charge in [0.15, 0.2) is 0 Å². The summed E-state index contributed by atoms with van der Waals surface area (Å²) in [5.41, 5.74) is 2.74. The Bertz CT molecular complexity index is 1120. The molecule has 1 N–H and O–H groups in total. The van der Waals surface area contributed by atoms with E-state index < -0.39 is 7.92 Å². The van der Waals surface area contributed by atoms with Crippen molar-refractivity contribution in [1.29, 1.82) is 0 Å². The average molecular weight is 519 g/mol. The van der Waals surface area contributed by atoms with Crippen LogP contribution in [0.2, 0.25) is 0 Å². The molecule has 0 fully saturated rings. The molecule has 4 aromatic carbocycles. The minimum absolute atomic E-state index is 0.181. The van der Waals surface area contributed by atoms with Gasteiger partial charge >= 0.3 is 33.5 Å². The summed E-state index contributed by atoms with van der Waals surface area (Å²) in [6.07, 6.45) is 1.88. The molecule has 4 aromatic rings. The molecular formula is C26H23Cl2CrNOP+. The van der Waals surface area contributed by atoms with Crippen LogP contribution in [0.3, 0.4) is 0 Å². The van der Waals surface area contributed by atoms with Gasteiger partial charge in [0.2, 0.25) is 0 Å². The molecule has 0 bridgehead atoms. The molecule has 0 aromatic heterocycles. The number of phenolic OH excluding ortho intramolecular Hbond substituents is 1. The van der Waals surface area contributed by atoms with Gasteiger partial charge in [-0.15, -0.1) is 0 Å². The quantitative estimate of drug-likeness (QED) is 0.243. The number of aromatic hydroxyl groups is 1. The number of aliphatic imine (C=N–C) groups is 1. The van der Waals surface area contributed by atoms with Gasteiger partial charge in [-0.05, 0) is 61.0 Å². The Morgan fingerprint density at radius 2 is 1.31 bits per heavy atom. The molecule has 0 heterocycles. The average Bonchev–Trinajstić information content (AvgIpc) is 2.82. The molecule has 0 spiro atoms. The number of hydrogen-bond acceptors (Lipinski definition) is 2. The fourth-order valence-corrected chi connectivity index (χ4v) is 6.11. The van der Waals surface area contributed by atoms with E-state index in [9.17, 15) is 5.11 Å². The first-order chi connectivity index (χ1) is 15.6. The van der Waals surface area contributed by atoms with Gasteiger partial charge in [0.05, 0.1) is 7.92 Å². The van der Waals surface area contributed by atoms with E-state index in [2.05, 4.69) is 83.9 Å². The van der Waals surface area contributed by atoms with E-state index in [-0.39, 0.29) is 19.1 Å². The van der Waals surface area contributed by atoms with Crippen LogP contribution in [0.25, 0.3) is 0 Å². The summed E-state index contributed by atoms with van der Waals surface area (Å²) in [6, 6.07) is 35.3. The van der Waals surface area contributed by atoms with E-state index in [0.29, 0.717) is 5.69 Å². The van der Waals surface area contributed by atoms with Crippen molar-refractivity contribution in [2.75, 3.05) is 0 Å². The third-order valence-corrected chi connectivity index (χ3v) is 7.64. The number of halogens is 2. The topological polar surface area (TPSA) is 32.6 Å². The third kappa shape index (κ3) is 6.69. The van der Waals surface area contributed by atoms with Crippen LogP contribution in [0.1, 0.15) is 11.1 Å². The number of nitrogens with zero attached hydrogens (tertiary/aromatic N) is 1. The number of phenols is 1. The molecule has 0 aliphatic rings. The first-order valence-corrected chi connectivity index (χ1v) is 14.9. The van der Waals surface area contributed by atoms with Crippen molar-refractivity contribution in [3.63, 3.8) is 0 Å². The van der Waals surface area contributed by atoms with Crippen molar-refractivity contribution < 1.29 is 18.5 Å². The fraction of sp³-hybridized carbons (Fsp3) is 0.0385. The van der Waals surface area contributed by atoms with Gasteiger partial charge in [-0.2, -0.15) is 0 Å². The predicted molar refractivity (Wildman–Crippen MR) is 138 cm³/mol. The molecule has 0 saturated carbocycles. The zero-order valence-electron chi connectivity index (χ0n) is 17.5. The van der Waals surface area contributed by atoms with Gasteiger partial charge in [-0.1, -0.05) is 54.6 Å². The van der Waals surface area contributed by atoms with Crippen molar-refractivity contribution in [3.05, 3.63) is 114 Å². The monoisotopic (exact) mass is 518 g/mol. The van der Waals surface area contributed by atoms with Gasteiger partial charge in [0.1, 0.15) is 27.4 Å². The molecule has 0 aliphatic heterocycles. The maximum absolute atomic E-state index is 10.1. The van der Waals surface area contributed by atoms with Crippen LogP contribution in [0.5, 0.6) is 5.75 Å². The molecule has 162 valence electrons. The summed E-state index contributed by atoms with van der Waals surface area (Å²) in [6.45, 7) is 2.00. The summed E-state index contributed by atoms with van der Waals surface area (Å²) in [5.74, 6) is 0.195. The second-order valence-corrected chi connectivity index (χ2v) is 11.6. The van der Waals surface area contributed by atoms with Crippen LogP contribution < -0.4 is 15.9 Å². The van der Waals surface area contributed by atoms with Crippen molar-refractivity contribution in [2.24, 2.45) is 4.99 Å². The summed E-state index contributed by atoms with van der Waals surface area (Å²) in [7, 11) is 8.47. The van der Waals surface area contributed by atoms with Crippen molar-refractivity contribution in [1.82, 2.24) is 0 Å². The van der Waals surface area contributed by atoms with Crippen LogP contribution in [0.15, 0.2) is 108 Å². The summed E-state index contributed by atoms with van der Waals surface area (Å²) in [5, 5.41) is 14.1. The Balaban J connectivity index is 0.000000913. The van der Waals surface area contributed by atoms with Gasteiger partial charge in [-0.3, -0.25) is 4.99 Å². The maximum atomic E-state index is 10.1. The standard InChI is InChI=1S/C26H22NOP.2ClH.Cr/c1-20-16-17-25(28)24(18-20)27-19-21-10-8-9-15-26(21)29(22-11-4-2-5-12-22)23-13-6-3-7-14-23;;;/h2-19,28H,1H3;2*1H;/q;;;+2/p-1. The van der Waals surface area contributed by atoms with E-state index >= 15 is 0 Å². The molecule has 0 saturated heterocycles. The van der Waals surface area contributed by atoms with Crippen LogP contribution in [-0.2, 0) is 13.4 Å². The van der Waals surface area contributed by atoms with Gasteiger partial charge in [-0.25, -0.2) is 0 Å². The number of benzene rings is 4. The SMILES string of the molecule is Cc1ccc(O)c(N=Cc2ccccc2[PH+](c2ccccc2)c2ccccc2)c1.[Cl][Cr][Cl]. The molecule has 2 nitrogen and oxygen atoms in total. The number of rotatable bonds is 5. The zero-order chi connectivity index (χ0) is 22.8. The second-order valence-electron chi connectivity index (χ2n) is 7.00. The van der Waals surface area contributed by atoms with E-state index in [0.717, 1.165) is 11.1 Å². The summed E-state index contributed by atoms with van der Waals surface area (Å²) < 4.78 is 0. The van der Waals surface area contributed by atoms with E-state index in [1.807, 2.05) is 31.3 Å². The Morgan fingerprint density at radius 1 is 0.781 bits per heavy atom. The number of aryl methyl sites for hydroxylation is 1. The molecule has 32 heavy (non-hydrogen) atoms. The van der Waals surface area contributed by atoms with Crippen LogP contribution in [0, 0.1) is 6.92 Å². The number of hydrogen-bond donors (Lipinski definition) is 1. The Labute approximate surface area is 205 Å². The van der Waals surface area contributed by atoms with Crippen LogP contribution in [0.4, 0.5) is 5.69 Å².